The quantitative estimate of drug-likeness (QED) is 0.760. The molecular formula is C21H20F2N2O2. The number of halogens is 2. The molecule has 27 heavy (non-hydrogen) atoms. The molecule has 4 rings (SSSR count). The molecule has 0 unspecified atom stereocenters. The van der Waals surface area contributed by atoms with E-state index in [0.29, 0.717) is 38.2 Å². The molecule has 2 atom stereocenters. The minimum absolute atomic E-state index is 0.131. The lowest BCUT2D eigenvalue weighted by Gasteiger charge is -2.20. The van der Waals surface area contributed by atoms with Crippen molar-refractivity contribution in [3.05, 3.63) is 71.3 Å². The van der Waals surface area contributed by atoms with Gasteiger partial charge in [0.1, 0.15) is 11.6 Å². The van der Waals surface area contributed by atoms with Crippen LogP contribution in [0, 0.1) is 23.5 Å². The van der Waals surface area contributed by atoms with Crippen molar-refractivity contribution < 1.29 is 18.4 Å². The van der Waals surface area contributed by atoms with Gasteiger partial charge in [-0.25, -0.2) is 8.78 Å². The second-order valence-corrected chi connectivity index (χ2v) is 7.25. The molecule has 2 aromatic carbocycles. The van der Waals surface area contributed by atoms with E-state index in [4.69, 9.17) is 0 Å². The summed E-state index contributed by atoms with van der Waals surface area (Å²) in [7, 11) is 0. The van der Waals surface area contributed by atoms with Gasteiger partial charge >= 0.3 is 0 Å². The van der Waals surface area contributed by atoms with Gasteiger partial charge in [0.15, 0.2) is 0 Å². The average Bonchev–Trinajstić information content (AvgIpc) is 3.13. The van der Waals surface area contributed by atoms with Crippen LogP contribution in [0.2, 0.25) is 0 Å². The largest absolute Gasteiger partial charge is 0.297 e. The highest BCUT2D eigenvalue weighted by Gasteiger charge is 2.51. The van der Waals surface area contributed by atoms with Crippen molar-refractivity contribution in [3.63, 3.8) is 0 Å². The van der Waals surface area contributed by atoms with Gasteiger partial charge in [0, 0.05) is 32.2 Å². The first kappa shape index (κ1) is 17.8. The van der Waals surface area contributed by atoms with E-state index in [-0.39, 0.29) is 23.7 Å². The Bertz CT molecular complexity index is 827. The topological polar surface area (TPSA) is 40.6 Å². The monoisotopic (exact) mass is 370 g/mol. The molecule has 0 radical (unpaired) electrons. The van der Waals surface area contributed by atoms with Crippen molar-refractivity contribution in [1.82, 2.24) is 9.80 Å². The fourth-order valence-corrected chi connectivity index (χ4v) is 4.09. The first-order valence-corrected chi connectivity index (χ1v) is 9.08. The van der Waals surface area contributed by atoms with Crippen LogP contribution < -0.4 is 0 Å². The Balaban J connectivity index is 1.39. The molecule has 0 N–H and O–H groups in total. The van der Waals surface area contributed by atoms with Crippen molar-refractivity contribution in [2.24, 2.45) is 11.8 Å². The van der Waals surface area contributed by atoms with E-state index in [1.165, 1.54) is 17.0 Å². The Morgan fingerprint density at radius 1 is 0.852 bits per heavy atom. The summed E-state index contributed by atoms with van der Waals surface area (Å²) in [5.41, 5.74) is 1.60. The van der Waals surface area contributed by atoms with Crippen LogP contribution in [0.1, 0.15) is 11.1 Å². The maximum atomic E-state index is 13.4. The zero-order valence-electron chi connectivity index (χ0n) is 14.8. The van der Waals surface area contributed by atoms with Gasteiger partial charge in [0.05, 0.1) is 11.8 Å². The Morgan fingerprint density at radius 2 is 1.44 bits per heavy atom. The molecule has 2 heterocycles. The molecular weight excluding hydrogens is 350 g/mol. The molecule has 4 nitrogen and oxygen atoms in total. The summed E-state index contributed by atoms with van der Waals surface area (Å²) in [5.74, 6) is -2.21. The van der Waals surface area contributed by atoms with Gasteiger partial charge in [-0.15, -0.1) is 0 Å². The molecule has 2 aliphatic heterocycles. The lowest BCUT2D eigenvalue weighted by Crippen LogP contribution is -2.37. The van der Waals surface area contributed by atoms with Gasteiger partial charge < -0.3 is 0 Å². The summed E-state index contributed by atoms with van der Waals surface area (Å²) in [6, 6.07) is 13.2. The van der Waals surface area contributed by atoms with Crippen LogP contribution in [0.3, 0.4) is 0 Å². The summed E-state index contributed by atoms with van der Waals surface area (Å²) in [6.45, 7) is 1.60. The second kappa shape index (κ2) is 7.19. The minimum atomic E-state index is -0.622. The SMILES string of the molecule is O=C1[C@H]2CN(Cc3cc(F)cc(F)c3)C[C@H]2C(=O)N1CCc1ccccc1. The van der Waals surface area contributed by atoms with Crippen LogP contribution in [0.15, 0.2) is 48.5 Å². The number of imide groups is 1. The van der Waals surface area contributed by atoms with Gasteiger partial charge in [-0.05, 0) is 29.7 Å². The van der Waals surface area contributed by atoms with Gasteiger partial charge in [-0.1, -0.05) is 30.3 Å². The molecule has 0 bridgehead atoms. The van der Waals surface area contributed by atoms with E-state index < -0.39 is 11.6 Å². The highest BCUT2D eigenvalue weighted by molar-refractivity contribution is 6.05. The van der Waals surface area contributed by atoms with Gasteiger partial charge in [0.25, 0.3) is 0 Å². The number of carbonyl (C=O) groups excluding carboxylic acids is 2. The number of benzene rings is 2. The highest BCUT2D eigenvalue weighted by Crippen LogP contribution is 2.34. The minimum Gasteiger partial charge on any atom is -0.297 e. The molecule has 0 aromatic heterocycles. The third-order valence-corrected chi connectivity index (χ3v) is 5.36. The molecule has 2 fully saturated rings. The van der Waals surface area contributed by atoms with E-state index in [9.17, 15) is 18.4 Å². The number of hydrogen-bond donors (Lipinski definition) is 0. The number of fused-ring (bicyclic) bond motifs is 1. The summed E-state index contributed by atoms with van der Waals surface area (Å²) >= 11 is 0. The van der Waals surface area contributed by atoms with Crippen molar-refractivity contribution in [2.75, 3.05) is 19.6 Å². The molecule has 0 aliphatic carbocycles. The van der Waals surface area contributed by atoms with Crippen LogP contribution in [0.25, 0.3) is 0 Å². The molecule has 6 heteroatoms. The van der Waals surface area contributed by atoms with E-state index in [1.54, 1.807) is 0 Å². The third-order valence-electron chi connectivity index (χ3n) is 5.36. The molecule has 140 valence electrons. The Hall–Kier alpha value is -2.60. The summed E-state index contributed by atoms with van der Waals surface area (Å²) in [6.07, 6.45) is 0.643. The Labute approximate surface area is 156 Å². The van der Waals surface area contributed by atoms with Gasteiger partial charge in [-0.2, -0.15) is 0 Å². The normalized spacial score (nSPS) is 22.5. The standard InChI is InChI=1S/C21H20F2N2O2/c22-16-8-15(9-17(23)10-16)11-24-12-18-19(13-24)21(27)25(20(18)26)7-6-14-4-2-1-3-5-14/h1-5,8-10,18-19H,6-7,11-13H2/t18-,19+. The van der Waals surface area contributed by atoms with Crippen LogP contribution in [-0.2, 0) is 22.6 Å². The Morgan fingerprint density at radius 3 is 2.04 bits per heavy atom. The molecule has 2 aromatic rings. The number of likely N-dealkylation sites (tertiary alicyclic amines) is 2. The summed E-state index contributed by atoms with van der Waals surface area (Å²) < 4.78 is 26.7. The maximum absolute atomic E-state index is 13.4. The average molecular weight is 370 g/mol. The third kappa shape index (κ3) is 3.62. The van der Waals surface area contributed by atoms with Crippen LogP contribution in [0.4, 0.5) is 8.78 Å². The molecule has 0 saturated carbocycles. The highest BCUT2D eigenvalue weighted by atomic mass is 19.1. The fourth-order valence-electron chi connectivity index (χ4n) is 4.09. The van der Waals surface area contributed by atoms with Crippen LogP contribution >= 0.6 is 0 Å². The number of carbonyl (C=O) groups is 2. The molecule has 2 saturated heterocycles. The lowest BCUT2D eigenvalue weighted by atomic mass is 10.00. The first-order chi connectivity index (χ1) is 13.0. The van der Waals surface area contributed by atoms with E-state index >= 15 is 0 Å². The van der Waals surface area contributed by atoms with Crippen molar-refractivity contribution >= 4 is 11.8 Å². The Kier molecular flexibility index (Phi) is 4.74. The number of hydrogen-bond acceptors (Lipinski definition) is 3. The molecule has 0 spiro atoms. The van der Waals surface area contributed by atoms with Crippen LogP contribution in [-0.4, -0.2) is 41.2 Å². The van der Waals surface area contributed by atoms with Crippen LogP contribution in [0.5, 0.6) is 0 Å². The number of nitrogens with zero attached hydrogens (tertiary/aromatic N) is 2. The maximum Gasteiger partial charge on any atom is 0.234 e. The van der Waals surface area contributed by atoms with Crippen molar-refractivity contribution in [1.29, 1.82) is 0 Å². The zero-order chi connectivity index (χ0) is 19.0. The predicted octanol–water partition coefficient (Wildman–Crippen LogP) is 2.62. The van der Waals surface area contributed by atoms with Crippen molar-refractivity contribution in [2.45, 2.75) is 13.0 Å². The van der Waals surface area contributed by atoms with Gasteiger partial charge in [-0.3, -0.25) is 19.4 Å². The second-order valence-electron chi connectivity index (χ2n) is 7.25. The smallest absolute Gasteiger partial charge is 0.234 e. The fraction of sp³-hybridized carbons (Fsp3) is 0.333. The van der Waals surface area contributed by atoms with E-state index in [1.807, 2.05) is 35.2 Å². The lowest BCUT2D eigenvalue weighted by molar-refractivity contribution is -0.140. The zero-order valence-corrected chi connectivity index (χ0v) is 14.8. The summed E-state index contributed by atoms with van der Waals surface area (Å²) in [4.78, 5) is 28.7. The molecule has 2 amide bonds. The van der Waals surface area contributed by atoms with Crippen molar-refractivity contribution in [3.8, 4) is 0 Å². The number of rotatable bonds is 5. The first-order valence-electron chi connectivity index (χ1n) is 9.08. The number of amides is 2. The van der Waals surface area contributed by atoms with Gasteiger partial charge in [0.2, 0.25) is 11.8 Å². The van der Waals surface area contributed by atoms with E-state index in [2.05, 4.69) is 0 Å². The predicted molar refractivity (Wildman–Crippen MR) is 95.5 cm³/mol. The van der Waals surface area contributed by atoms with E-state index in [0.717, 1.165) is 11.6 Å². The summed E-state index contributed by atoms with van der Waals surface area (Å²) in [5, 5.41) is 0. The molecule has 2 aliphatic rings.